The Morgan fingerprint density at radius 2 is 2.04 bits per heavy atom. The zero-order valence-electron chi connectivity index (χ0n) is 14.6. The number of aryl methyl sites for hydroxylation is 2. The van der Waals surface area contributed by atoms with Gasteiger partial charge in [0.05, 0.1) is 11.4 Å². The Kier molecular flexibility index (Phi) is 5.13. The first kappa shape index (κ1) is 18.2. The molecule has 8 heteroatoms. The van der Waals surface area contributed by atoms with Crippen LogP contribution in [0.15, 0.2) is 37.3 Å². The molecule has 1 heterocycles. The van der Waals surface area contributed by atoms with Gasteiger partial charge < -0.3 is 21.2 Å². The zero-order chi connectivity index (χ0) is 18.8. The Labute approximate surface area is 159 Å². The molecule has 1 aromatic carbocycles. The lowest BCUT2D eigenvalue weighted by Crippen LogP contribution is -2.22. The fraction of sp³-hybridized carbons (Fsp3) is 0.278. The second kappa shape index (κ2) is 7.33. The molecule has 0 unspecified atom stereocenters. The van der Waals surface area contributed by atoms with Gasteiger partial charge in [-0.1, -0.05) is 6.07 Å². The van der Waals surface area contributed by atoms with Crippen LogP contribution in [-0.4, -0.2) is 17.6 Å². The summed E-state index contributed by atoms with van der Waals surface area (Å²) < 4.78 is 6.67. The first-order valence-corrected chi connectivity index (χ1v) is 9.01. The second-order valence-electron chi connectivity index (χ2n) is 6.22. The molecule has 136 valence electrons. The van der Waals surface area contributed by atoms with Gasteiger partial charge in [0.15, 0.2) is 5.76 Å². The van der Waals surface area contributed by atoms with Gasteiger partial charge in [-0.2, -0.15) is 5.10 Å². The number of rotatable bonds is 3. The van der Waals surface area contributed by atoms with Crippen molar-refractivity contribution in [1.82, 2.24) is 0 Å². The summed E-state index contributed by atoms with van der Waals surface area (Å²) in [5.41, 5.74) is 14.8. The van der Waals surface area contributed by atoms with Crippen molar-refractivity contribution in [1.29, 1.82) is 0 Å². The molecule has 0 fully saturated rings. The minimum Gasteiger partial charge on any atom is -0.455 e. The van der Waals surface area contributed by atoms with Gasteiger partial charge in [-0.05, 0) is 60.3 Å². The van der Waals surface area contributed by atoms with Crippen molar-refractivity contribution in [2.75, 3.05) is 5.32 Å². The third kappa shape index (κ3) is 3.65. The third-order valence-corrected chi connectivity index (χ3v) is 4.85. The van der Waals surface area contributed by atoms with Gasteiger partial charge in [-0.3, -0.25) is 4.79 Å². The molecule has 0 saturated carbocycles. The summed E-state index contributed by atoms with van der Waals surface area (Å²) in [6, 6.07) is 5.72. The van der Waals surface area contributed by atoms with Crippen LogP contribution in [0.3, 0.4) is 0 Å². The number of anilines is 1. The number of hydrogen-bond acceptors (Lipinski definition) is 4. The fourth-order valence-electron chi connectivity index (χ4n) is 3.00. The van der Waals surface area contributed by atoms with E-state index in [0.717, 1.165) is 51.9 Å². The fourth-order valence-corrected chi connectivity index (χ4v) is 3.60. The molecule has 1 aromatic heterocycles. The van der Waals surface area contributed by atoms with Gasteiger partial charge >= 0.3 is 0 Å². The highest BCUT2D eigenvalue weighted by Crippen LogP contribution is 2.31. The number of hydrogen-bond donors (Lipinski definition) is 3. The molecule has 0 bridgehead atoms. The monoisotopic (exact) mass is 417 g/mol. The van der Waals surface area contributed by atoms with Crippen molar-refractivity contribution in [3.05, 3.63) is 50.9 Å². The summed E-state index contributed by atoms with van der Waals surface area (Å²) in [4.78, 5) is 12.7. The van der Waals surface area contributed by atoms with E-state index in [1.54, 1.807) is 0 Å². The number of amides is 1. The smallest absolute Gasteiger partial charge is 0.291 e. The summed E-state index contributed by atoms with van der Waals surface area (Å²) in [5.74, 6) is 0.615. The quantitative estimate of drug-likeness (QED) is 0.403. The highest BCUT2D eigenvalue weighted by Gasteiger charge is 2.28. The Balaban J connectivity index is 1.93. The van der Waals surface area contributed by atoms with E-state index in [1.165, 1.54) is 0 Å². The topological polar surface area (TPSA) is 119 Å². The molecule has 0 radical (unpaired) electrons. The lowest BCUT2D eigenvalue weighted by Gasteiger charge is -2.11. The predicted molar refractivity (Wildman–Crippen MR) is 106 cm³/mol. The van der Waals surface area contributed by atoms with Crippen molar-refractivity contribution in [2.24, 2.45) is 21.7 Å². The van der Waals surface area contributed by atoms with Crippen LogP contribution in [0.5, 0.6) is 0 Å². The predicted octanol–water partition coefficient (Wildman–Crippen LogP) is 3.23. The molecule has 0 aliphatic heterocycles. The lowest BCUT2D eigenvalue weighted by atomic mass is 9.93. The molecule has 0 atom stereocenters. The van der Waals surface area contributed by atoms with Gasteiger partial charge in [0, 0.05) is 22.0 Å². The molecular weight excluding hydrogens is 398 g/mol. The van der Waals surface area contributed by atoms with Crippen LogP contribution in [0.4, 0.5) is 5.69 Å². The lowest BCUT2D eigenvalue weighted by molar-refractivity contribution is 0.0994. The highest BCUT2D eigenvalue weighted by molar-refractivity contribution is 9.10. The summed E-state index contributed by atoms with van der Waals surface area (Å²) in [7, 11) is 0. The van der Waals surface area contributed by atoms with Gasteiger partial charge in [0.25, 0.3) is 5.91 Å². The van der Waals surface area contributed by atoms with Crippen molar-refractivity contribution in [3.8, 4) is 0 Å². The summed E-state index contributed by atoms with van der Waals surface area (Å²) >= 11 is 3.46. The largest absolute Gasteiger partial charge is 0.455 e. The average Bonchev–Trinajstić information content (AvgIpc) is 2.93. The molecule has 5 N–H and O–H groups in total. The molecule has 1 amide bonds. The van der Waals surface area contributed by atoms with Crippen LogP contribution >= 0.6 is 15.9 Å². The van der Waals surface area contributed by atoms with E-state index < -0.39 is 0 Å². The van der Waals surface area contributed by atoms with E-state index in [0.29, 0.717) is 5.69 Å². The number of nitrogens with zero attached hydrogens (tertiary/aromatic N) is 2. The first-order chi connectivity index (χ1) is 12.4. The van der Waals surface area contributed by atoms with E-state index in [2.05, 4.69) is 31.4 Å². The Morgan fingerprint density at radius 1 is 1.27 bits per heavy atom. The number of benzene rings is 1. The third-order valence-electron chi connectivity index (χ3n) is 4.19. The van der Waals surface area contributed by atoms with E-state index in [9.17, 15) is 4.79 Å². The van der Waals surface area contributed by atoms with Crippen LogP contribution < -0.4 is 16.8 Å². The molecule has 1 aliphatic rings. The molecular formula is C18H20BrN5O2. The van der Waals surface area contributed by atoms with Crippen LogP contribution in [0.25, 0.3) is 0 Å². The highest BCUT2D eigenvalue weighted by atomic mass is 79.9. The molecule has 0 spiro atoms. The Bertz CT molecular complexity index is 926. The SMILES string of the molecule is Cc1ccc(NC(=O)c2oc3c(c2C)/C(=N/N=C(N)N)CCC3)c(Br)c1. The number of furan rings is 1. The van der Waals surface area contributed by atoms with Gasteiger partial charge in [0.2, 0.25) is 5.96 Å². The van der Waals surface area contributed by atoms with E-state index in [1.807, 2.05) is 32.0 Å². The zero-order valence-corrected chi connectivity index (χ0v) is 16.2. The molecule has 3 rings (SSSR count). The molecule has 0 saturated heterocycles. The Hall–Kier alpha value is -2.61. The van der Waals surface area contributed by atoms with Gasteiger partial charge in [-0.25, -0.2) is 0 Å². The van der Waals surface area contributed by atoms with Crippen LogP contribution in [0, 0.1) is 13.8 Å². The number of nitrogens with two attached hydrogens (primary N) is 2. The van der Waals surface area contributed by atoms with Crippen LogP contribution in [0.1, 0.15) is 45.8 Å². The maximum absolute atomic E-state index is 12.7. The molecule has 7 nitrogen and oxygen atoms in total. The van der Waals surface area contributed by atoms with Crippen molar-refractivity contribution < 1.29 is 9.21 Å². The normalized spacial score (nSPS) is 14.8. The van der Waals surface area contributed by atoms with E-state index in [4.69, 9.17) is 15.9 Å². The number of nitrogens with one attached hydrogen (secondary N) is 1. The number of guanidine groups is 1. The molecule has 1 aliphatic carbocycles. The van der Waals surface area contributed by atoms with Crippen LogP contribution in [0.2, 0.25) is 0 Å². The van der Waals surface area contributed by atoms with Crippen molar-refractivity contribution >= 4 is 39.2 Å². The summed E-state index contributed by atoms with van der Waals surface area (Å²) in [6.45, 7) is 3.83. The number of fused-ring (bicyclic) bond motifs is 1. The summed E-state index contributed by atoms with van der Waals surface area (Å²) in [6.07, 6.45) is 2.34. The number of halogens is 1. The van der Waals surface area contributed by atoms with Gasteiger partial charge in [0.1, 0.15) is 5.76 Å². The second-order valence-corrected chi connectivity index (χ2v) is 7.07. The molecule has 2 aromatic rings. The van der Waals surface area contributed by atoms with Crippen LogP contribution in [-0.2, 0) is 6.42 Å². The first-order valence-electron chi connectivity index (χ1n) is 8.22. The minimum atomic E-state index is -0.303. The Morgan fingerprint density at radius 3 is 2.73 bits per heavy atom. The maximum Gasteiger partial charge on any atom is 0.291 e. The maximum atomic E-state index is 12.7. The average molecular weight is 418 g/mol. The van der Waals surface area contributed by atoms with E-state index >= 15 is 0 Å². The summed E-state index contributed by atoms with van der Waals surface area (Å²) in [5, 5.41) is 10.7. The number of carbonyl (C=O) groups is 1. The van der Waals surface area contributed by atoms with E-state index in [-0.39, 0.29) is 17.6 Å². The standard InChI is InChI=1S/C18H20BrN5O2/c1-9-6-7-12(11(19)8-9)22-17(25)16-10(2)15-13(23-24-18(20)21)4-3-5-14(15)26-16/h6-8H,3-5H2,1-2H3,(H,22,25)(H4,20,21,24)/b23-13+. The minimum absolute atomic E-state index is 0.104. The van der Waals surface area contributed by atoms with Crippen molar-refractivity contribution in [3.63, 3.8) is 0 Å². The number of carbonyl (C=O) groups excluding carboxylic acids is 1. The van der Waals surface area contributed by atoms with Gasteiger partial charge in [-0.15, -0.1) is 5.10 Å². The van der Waals surface area contributed by atoms with Crippen molar-refractivity contribution in [2.45, 2.75) is 33.1 Å². The molecule has 26 heavy (non-hydrogen) atoms.